The molecule has 3 N–H and O–H groups in total. The third kappa shape index (κ3) is 6.42. The van der Waals surface area contributed by atoms with Gasteiger partial charge >= 0.3 is 0 Å². The molecule has 0 aliphatic rings. The Morgan fingerprint density at radius 3 is 2.26 bits per heavy atom. The third-order valence-electron chi connectivity index (χ3n) is 3.41. The molecule has 0 spiro atoms. The van der Waals surface area contributed by atoms with Crippen molar-refractivity contribution in [2.75, 3.05) is 12.3 Å². The van der Waals surface area contributed by atoms with E-state index in [-0.39, 0.29) is 11.7 Å². The summed E-state index contributed by atoms with van der Waals surface area (Å²) in [5, 5.41) is 2.91. The van der Waals surface area contributed by atoms with E-state index in [1.54, 1.807) is 12.1 Å². The Labute approximate surface area is 140 Å². The highest BCUT2D eigenvalue weighted by atomic mass is 32.2. The molecular formula is C18H21FN2OS. The molecule has 0 unspecified atom stereocenters. The van der Waals surface area contributed by atoms with Gasteiger partial charge < -0.3 is 11.1 Å². The molecule has 0 radical (unpaired) electrons. The molecule has 3 nitrogen and oxygen atoms in total. The van der Waals surface area contributed by atoms with Crippen LogP contribution in [-0.4, -0.2) is 18.2 Å². The van der Waals surface area contributed by atoms with Crippen LogP contribution >= 0.6 is 11.8 Å². The van der Waals surface area contributed by atoms with Gasteiger partial charge in [-0.2, -0.15) is 0 Å². The number of carbonyl (C=O) groups is 1. The van der Waals surface area contributed by atoms with Gasteiger partial charge in [0.25, 0.3) is 0 Å². The first-order valence-corrected chi connectivity index (χ1v) is 8.69. The van der Waals surface area contributed by atoms with Crippen LogP contribution in [-0.2, 0) is 23.5 Å². The highest BCUT2D eigenvalue weighted by molar-refractivity contribution is 7.99. The summed E-state index contributed by atoms with van der Waals surface area (Å²) in [6, 6.07) is 14.5. The molecule has 0 atom stereocenters. The second kappa shape index (κ2) is 9.33. The van der Waals surface area contributed by atoms with Crippen molar-refractivity contribution in [2.45, 2.75) is 18.7 Å². The second-order valence-corrected chi connectivity index (χ2v) is 6.23. The van der Waals surface area contributed by atoms with E-state index >= 15 is 0 Å². The number of nitrogens with two attached hydrogens (primary N) is 1. The van der Waals surface area contributed by atoms with Crippen LogP contribution in [0.3, 0.4) is 0 Å². The number of carbonyl (C=O) groups excluding carboxylic acids is 1. The minimum Gasteiger partial charge on any atom is -0.355 e. The zero-order valence-corrected chi connectivity index (χ0v) is 13.7. The van der Waals surface area contributed by atoms with Crippen LogP contribution in [0.2, 0.25) is 0 Å². The van der Waals surface area contributed by atoms with Crippen LogP contribution in [0.25, 0.3) is 0 Å². The van der Waals surface area contributed by atoms with Crippen molar-refractivity contribution in [3.63, 3.8) is 0 Å². The smallest absolute Gasteiger partial charge is 0.230 e. The molecule has 0 saturated heterocycles. The summed E-state index contributed by atoms with van der Waals surface area (Å²) in [7, 11) is 0. The molecule has 2 aromatic carbocycles. The molecule has 0 saturated carbocycles. The quantitative estimate of drug-likeness (QED) is 0.781. The number of nitrogens with one attached hydrogen (secondary N) is 1. The van der Waals surface area contributed by atoms with E-state index in [4.69, 9.17) is 5.73 Å². The average molecular weight is 332 g/mol. The van der Waals surface area contributed by atoms with Gasteiger partial charge in [0, 0.05) is 18.8 Å². The summed E-state index contributed by atoms with van der Waals surface area (Å²) in [4.78, 5) is 11.8. The minimum atomic E-state index is -0.240. The molecular weight excluding hydrogens is 311 g/mol. The van der Waals surface area contributed by atoms with Gasteiger partial charge in [0.2, 0.25) is 5.91 Å². The summed E-state index contributed by atoms with van der Waals surface area (Å²) in [6.45, 7) is 1.17. The van der Waals surface area contributed by atoms with Crippen molar-refractivity contribution >= 4 is 17.7 Å². The molecule has 122 valence electrons. The zero-order chi connectivity index (χ0) is 16.5. The van der Waals surface area contributed by atoms with Crippen molar-refractivity contribution < 1.29 is 9.18 Å². The lowest BCUT2D eigenvalue weighted by Crippen LogP contribution is -2.27. The minimum absolute atomic E-state index is 0.0238. The summed E-state index contributed by atoms with van der Waals surface area (Å²) >= 11 is 1.52. The van der Waals surface area contributed by atoms with Crippen LogP contribution in [0.15, 0.2) is 48.5 Å². The van der Waals surface area contributed by atoms with E-state index in [0.717, 1.165) is 17.5 Å². The van der Waals surface area contributed by atoms with Crippen molar-refractivity contribution in [2.24, 2.45) is 5.73 Å². The third-order valence-corrected chi connectivity index (χ3v) is 4.41. The SMILES string of the molecule is NCc1ccc(CCNC(=O)CSCc2ccc(F)cc2)cc1. The van der Waals surface area contributed by atoms with Crippen LogP contribution in [0.4, 0.5) is 4.39 Å². The fourth-order valence-electron chi connectivity index (χ4n) is 2.08. The highest BCUT2D eigenvalue weighted by Gasteiger charge is 2.02. The number of rotatable bonds is 8. The first-order valence-electron chi connectivity index (χ1n) is 7.54. The van der Waals surface area contributed by atoms with E-state index < -0.39 is 0 Å². The molecule has 5 heteroatoms. The molecule has 0 fully saturated rings. The lowest BCUT2D eigenvalue weighted by molar-refractivity contribution is -0.118. The summed E-state index contributed by atoms with van der Waals surface area (Å²) < 4.78 is 12.8. The van der Waals surface area contributed by atoms with Gasteiger partial charge in [0.15, 0.2) is 0 Å². The Kier molecular flexibility index (Phi) is 7.10. The van der Waals surface area contributed by atoms with Crippen LogP contribution < -0.4 is 11.1 Å². The Hall–Kier alpha value is -1.85. The van der Waals surface area contributed by atoms with E-state index in [2.05, 4.69) is 5.32 Å². The average Bonchev–Trinajstić information content (AvgIpc) is 2.57. The van der Waals surface area contributed by atoms with Crippen LogP contribution in [0.1, 0.15) is 16.7 Å². The maximum atomic E-state index is 12.8. The molecule has 2 rings (SSSR count). The summed E-state index contributed by atoms with van der Waals surface area (Å²) in [5.74, 6) is 0.893. The standard InChI is InChI=1S/C18H21FN2OS/c19-17-7-5-16(6-8-17)12-23-13-18(22)21-10-9-14-1-3-15(11-20)4-2-14/h1-8H,9-13,20H2,(H,21,22). The Bertz CT molecular complexity index is 614. The maximum absolute atomic E-state index is 12.8. The Balaban J connectivity index is 1.62. The van der Waals surface area contributed by atoms with Gasteiger partial charge in [-0.15, -0.1) is 11.8 Å². The van der Waals surface area contributed by atoms with Crippen molar-refractivity contribution in [3.05, 3.63) is 71.0 Å². The normalized spacial score (nSPS) is 10.5. The predicted molar refractivity (Wildman–Crippen MR) is 93.6 cm³/mol. The van der Waals surface area contributed by atoms with Crippen molar-refractivity contribution in [3.8, 4) is 0 Å². The number of halogens is 1. The number of hydrogen-bond acceptors (Lipinski definition) is 3. The molecule has 0 heterocycles. The molecule has 2 aromatic rings. The molecule has 23 heavy (non-hydrogen) atoms. The monoisotopic (exact) mass is 332 g/mol. The first-order chi connectivity index (χ1) is 11.2. The lowest BCUT2D eigenvalue weighted by atomic mass is 10.1. The van der Waals surface area contributed by atoms with Crippen LogP contribution in [0, 0.1) is 5.82 Å². The molecule has 0 aromatic heterocycles. The number of benzene rings is 2. The molecule has 0 aliphatic heterocycles. The fourth-order valence-corrected chi connectivity index (χ4v) is 2.90. The van der Waals surface area contributed by atoms with E-state index in [0.29, 0.717) is 24.6 Å². The van der Waals surface area contributed by atoms with Gasteiger partial charge in [0.1, 0.15) is 5.82 Å². The molecule has 0 aliphatic carbocycles. The Morgan fingerprint density at radius 2 is 1.61 bits per heavy atom. The molecule has 1 amide bonds. The largest absolute Gasteiger partial charge is 0.355 e. The van der Waals surface area contributed by atoms with E-state index in [1.807, 2.05) is 24.3 Å². The number of hydrogen-bond donors (Lipinski definition) is 2. The van der Waals surface area contributed by atoms with Gasteiger partial charge in [-0.25, -0.2) is 4.39 Å². The molecule has 0 bridgehead atoms. The number of thioether (sulfide) groups is 1. The topological polar surface area (TPSA) is 55.1 Å². The highest BCUT2D eigenvalue weighted by Crippen LogP contribution is 2.12. The zero-order valence-electron chi connectivity index (χ0n) is 12.9. The predicted octanol–water partition coefficient (Wildman–Crippen LogP) is 2.88. The Morgan fingerprint density at radius 1 is 1.00 bits per heavy atom. The van der Waals surface area contributed by atoms with Crippen molar-refractivity contribution in [1.82, 2.24) is 5.32 Å². The maximum Gasteiger partial charge on any atom is 0.230 e. The van der Waals surface area contributed by atoms with Gasteiger partial charge in [-0.3, -0.25) is 4.79 Å². The summed E-state index contributed by atoms with van der Waals surface area (Å²) in [5.41, 5.74) is 8.86. The van der Waals surface area contributed by atoms with Crippen LogP contribution in [0.5, 0.6) is 0 Å². The fraction of sp³-hybridized carbons (Fsp3) is 0.278. The second-order valence-electron chi connectivity index (χ2n) is 5.24. The summed E-state index contributed by atoms with van der Waals surface area (Å²) in [6.07, 6.45) is 0.805. The van der Waals surface area contributed by atoms with Crippen molar-refractivity contribution in [1.29, 1.82) is 0 Å². The van der Waals surface area contributed by atoms with E-state index in [9.17, 15) is 9.18 Å². The number of amides is 1. The first kappa shape index (κ1) is 17.5. The van der Waals surface area contributed by atoms with Gasteiger partial charge in [-0.05, 0) is 35.2 Å². The van der Waals surface area contributed by atoms with Gasteiger partial charge in [0.05, 0.1) is 5.75 Å². The van der Waals surface area contributed by atoms with Gasteiger partial charge in [-0.1, -0.05) is 36.4 Å². The lowest BCUT2D eigenvalue weighted by Gasteiger charge is -2.06. The van der Waals surface area contributed by atoms with E-state index in [1.165, 1.54) is 29.5 Å².